The van der Waals surface area contributed by atoms with E-state index in [1.807, 2.05) is 0 Å². The predicted molar refractivity (Wildman–Crippen MR) is 88.9 cm³/mol. The number of nitrogens with zero attached hydrogens (tertiary/aromatic N) is 2. The average molecular weight is 410 g/mol. The third kappa shape index (κ3) is 2.97. The third-order valence-electron chi connectivity index (χ3n) is 3.48. The number of fused-ring (bicyclic) bond motifs is 1. The summed E-state index contributed by atoms with van der Waals surface area (Å²) >= 11 is 3.18. The quantitative estimate of drug-likeness (QED) is 0.753. The minimum Gasteiger partial charge on any atom is -0.272 e. The number of hydrogen-bond acceptors (Lipinski definition) is 5. The number of halogens is 1. The fourth-order valence-electron chi connectivity index (χ4n) is 2.35. The van der Waals surface area contributed by atoms with Crippen LogP contribution in [0, 0.1) is 0 Å². The molecule has 0 aliphatic carbocycles. The predicted octanol–water partition coefficient (Wildman–Crippen LogP) is 1.42. The van der Waals surface area contributed by atoms with Crippen LogP contribution in [-0.2, 0) is 10.0 Å². The molecule has 9 heteroatoms. The van der Waals surface area contributed by atoms with E-state index in [1.54, 1.807) is 24.3 Å². The maximum Gasteiger partial charge on any atom is 0.280 e. The van der Waals surface area contributed by atoms with Gasteiger partial charge in [-0.15, -0.1) is 0 Å². The van der Waals surface area contributed by atoms with Crippen LogP contribution >= 0.6 is 15.9 Å². The molecule has 3 rings (SSSR count). The molecule has 0 spiro atoms. The first kappa shape index (κ1) is 16.7. The number of rotatable bonds is 5. The first-order valence-corrected chi connectivity index (χ1v) is 9.25. The minimum atomic E-state index is -3.75. The van der Waals surface area contributed by atoms with E-state index in [-0.39, 0.29) is 29.2 Å². The van der Waals surface area contributed by atoms with Crippen molar-refractivity contribution in [3.8, 4) is 0 Å². The Kier molecular flexibility index (Phi) is 4.48. The molecule has 7 nitrogen and oxygen atoms in total. The highest BCUT2D eigenvalue weighted by Gasteiger charge is 2.36. The molecule has 2 amide bonds. The number of carbonyl (C=O) groups is 2. The van der Waals surface area contributed by atoms with Gasteiger partial charge in [0, 0.05) is 23.8 Å². The van der Waals surface area contributed by atoms with Gasteiger partial charge in [-0.3, -0.25) is 19.5 Å². The highest BCUT2D eigenvalue weighted by molar-refractivity contribution is 9.10. The van der Waals surface area contributed by atoms with Crippen LogP contribution in [0.2, 0.25) is 0 Å². The van der Waals surface area contributed by atoms with Crippen LogP contribution in [-0.4, -0.2) is 43.2 Å². The Bertz CT molecular complexity index is 895. The molecule has 0 radical (unpaired) electrons. The molecule has 1 aromatic carbocycles. The van der Waals surface area contributed by atoms with Gasteiger partial charge in [0.1, 0.15) is 5.69 Å². The molecule has 0 unspecified atom stereocenters. The van der Waals surface area contributed by atoms with E-state index < -0.39 is 21.8 Å². The fourth-order valence-corrected chi connectivity index (χ4v) is 4.37. The van der Waals surface area contributed by atoms with Crippen molar-refractivity contribution in [2.45, 2.75) is 4.90 Å². The molecule has 0 bridgehead atoms. The summed E-state index contributed by atoms with van der Waals surface area (Å²) in [5, 5.41) is 0. The van der Waals surface area contributed by atoms with E-state index in [9.17, 15) is 18.0 Å². The lowest BCUT2D eigenvalue weighted by Gasteiger charge is -2.14. The van der Waals surface area contributed by atoms with E-state index in [0.29, 0.717) is 4.47 Å². The zero-order valence-electron chi connectivity index (χ0n) is 12.3. The molecule has 2 heterocycles. The standard InChI is InChI=1S/C15H12BrN3O4S/c16-11-5-1-2-6-12(11)24(22,23)18-8-9-19-14(20)10-4-3-7-17-13(10)15(19)21/h1-7,18H,8-9H2. The number of sulfonamides is 1. The minimum absolute atomic E-state index is 0.0717. The van der Waals surface area contributed by atoms with Crippen molar-refractivity contribution < 1.29 is 18.0 Å². The van der Waals surface area contributed by atoms with Gasteiger partial charge in [-0.25, -0.2) is 13.1 Å². The van der Waals surface area contributed by atoms with Crippen LogP contribution in [0.4, 0.5) is 0 Å². The van der Waals surface area contributed by atoms with Gasteiger partial charge in [-0.2, -0.15) is 0 Å². The highest BCUT2D eigenvalue weighted by Crippen LogP contribution is 2.22. The molecule has 0 saturated heterocycles. The lowest BCUT2D eigenvalue weighted by Crippen LogP contribution is -2.38. The normalized spacial score (nSPS) is 14.1. The Labute approximate surface area is 146 Å². The van der Waals surface area contributed by atoms with Crippen LogP contribution < -0.4 is 4.72 Å². The average Bonchev–Trinajstić information content (AvgIpc) is 2.80. The van der Waals surface area contributed by atoms with Crippen LogP contribution in [0.5, 0.6) is 0 Å². The van der Waals surface area contributed by atoms with Gasteiger partial charge >= 0.3 is 0 Å². The van der Waals surface area contributed by atoms with Crippen molar-refractivity contribution >= 4 is 37.8 Å². The van der Waals surface area contributed by atoms with Crippen LogP contribution in [0.25, 0.3) is 0 Å². The molecule has 1 aliphatic rings. The fraction of sp³-hybridized carbons (Fsp3) is 0.133. The monoisotopic (exact) mass is 409 g/mol. The molecule has 1 aliphatic heterocycles. The second kappa shape index (κ2) is 6.42. The Morgan fingerprint density at radius 3 is 2.54 bits per heavy atom. The van der Waals surface area contributed by atoms with E-state index in [0.717, 1.165) is 4.90 Å². The number of benzene rings is 1. The molecule has 1 aromatic heterocycles. The van der Waals surface area contributed by atoms with Crippen molar-refractivity contribution in [3.05, 3.63) is 58.3 Å². The summed E-state index contributed by atoms with van der Waals surface area (Å²) in [6.07, 6.45) is 1.43. The molecule has 24 heavy (non-hydrogen) atoms. The first-order valence-electron chi connectivity index (χ1n) is 6.97. The lowest BCUT2D eigenvalue weighted by molar-refractivity contribution is 0.0655. The molecule has 0 fully saturated rings. The number of amides is 2. The number of nitrogens with one attached hydrogen (secondary N) is 1. The molecular formula is C15H12BrN3O4S. The zero-order valence-corrected chi connectivity index (χ0v) is 14.7. The Morgan fingerprint density at radius 1 is 1.08 bits per heavy atom. The summed E-state index contributed by atoms with van der Waals surface area (Å²) in [6, 6.07) is 9.48. The van der Waals surface area contributed by atoms with E-state index in [2.05, 4.69) is 25.6 Å². The van der Waals surface area contributed by atoms with E-state index in [1.165, 1.54) is 18.3 Å². The summed E-state index contributed by atoms with van der Waals surface area (Å²) < 4.78 is 27.4. The molecule has 2 aromatic rings. The summed E-state index contributed by atoms with van der Waals surface area (Å²) in [5.41, 5.74) is 0.326. The van der Waals surface area contributed by atoms with Crippen molar-refractivity contribution in [1.29, 1.82) is 0 Å². The molecule has 1 N–H and O–H groups in total. The summed E-state index contributed by atoms with van der Waals surface area (Å²) in [5.74, 6) is -0.987. The molecule has 0 saturated carbocycles. The number of carbonyl (C=O) groups excluding carboxylic acids is 2. The molecule has 124 valence electrons. The van der Waals surface area contributed by atoms with Crippen LogP contribution in [0.3, 0.4) is 0 Å². The second-order valence-corrected chi connectivity index (χ2v) is 7.58. The number of imide groups is 1. The van der Waals surface area contributed by atoms with Crippen molar-refractivity contribution in [1.82, 2.24) is 14.6 Å². The second-order valence-electron chi connectivity index (χ2n) is 4.99. The van der Waals surface area contributed by atoms with Gasteiger partial charge in [0.25, 0.3) is 11.8 Å². The van der Waals surface area contributed by atoms with Gasteiger partial charge in [0.15, 0.2) is 0 Å². The number of hydrogen-bond donors (Lipinski definition) is 1. The maximum atomic E-state index is 12.3. The lowest BCUT2D eigenvalue weighted by atomic mass is 10.2. The van der Waals surface area contributed by atoms with Crippen LogP contribution in [0.1, 0.15) is 20.8 Å². The Hall–Kier alpha value is -2.10. The molecular weight excluding hydrogens is 398 g/mol. The third-order valence-corrected chi connectivity index (χ3v) is 5.96. The number of aromatic nitrogens is 1. The van der Waals surface area contributed by atoms with E-state index in [4.69, 9.17) is 0 Å². The van der Waals surface area contributed by atoms with Gasteiger partial charge in [0.05, 0.1) is 10.5 Å². The summed E-state index contributed by atoms with van der Waals surface area (Å²) in [6.45, 7) is -0.160. The number of pyridine rings is 1. The SMILES string of the molecule is O=C1c2cccnc2C(=O)N1CCNS(=O)(=O)c1ccccc1Br. The van der Waals surface area contributed by atoms with Gasteiger partial charge < -0.3 is 0 Å². The van der Waals surface area contributed by atoms with E-state index >= 15 is 0 Å². The van der Waals surface area contributed by atoms with Gasteiger partial charge in [-0.05, 0) is 40.2 Å². The highest BCUT2D eigenvalue weighted by atomic mass is 79.9. The smallest absolute Gasteiger partial charge is 0.272 e. The van der Waals surface area contributed by atoms with Crippen molar-refractivity contribution in [2.24, 2.45) is 0 Å². The van der Waals surface area contributed by atoms with Crippen molar-refractivity contribution in [2.75, 3.05) is 13.1 Å². The topological polar surface area (TPSA) is 96.4 Å². The van der Waals surface area contributed by atoms with Crippen molar-refractivity contribution in [3.63, 3.8) is 0 Å². The molecule has 0 atom stereocenters. The zero-order chi connectivity index (χ0) is 17.3. The maximum absolute atomic E-state index is 12.3. The Balaban J connectivity index is 1.69. The summed E-state index contributed by atoms with van der Waals surface area (Å²) in [7, 11) is -3.75. The largest absolute Gasteiger partial charge is 0.280 e. The first-order chi connectivity index (χ1) is 11.4. The van der Waals surface area contributed by atoms with Crippen LogP contribution in [0.15, 0.2) is 52.0 Å². The van der Waals surface area contributed by atoms with Gasteiger partial charge in [-0.1, -0.05) is 12.1 Å². The Morgan fingerprint density at radius 2 is 1.83 bits per heavy atom. The summed E-state index contributed by atoms with van der Waals surface area (Å²) in [4.78, 5) is 29.3. The van der Waals surface area contributed by atoms with Gasteiger partial charge in [0.2, 0.25) is 10.0 Å².